The Morgan fingerprint density at radius 1 is 1.29 bits per heavy atom. The number of halogens is 2. The number of benzene rings is 1. The highest BCUT2D eigenvalue weighted by Gasteiger charge is 2.15. The number of phosphoric acid groups is 1. The van der Waals surface area contributed by atoms with Crippen molar-refractivity contribution in [2.75, 3.05) is 0 Å². The minimum absolute atomic E-state index is 0. The van der Waals surface area contributed by atoms with Crippen LogP contribution in [0.1, 0.15) is 5.56 Å². The Kier molecular flexibility index (Phi) is 7.26. The lowest BCUT2D eigenvalue weighted by atomic mass is 10.2. The lowest BCUT2D eigenvalue weighted by Gasteiger charge is -2.06. The van der Waals surface area contributed by atoms with Gasteiger partial charge in [-0.1, -0.05) is 12.1 Å². The molecule has 0 saturated carbocycles. The summed E-state index contributed by atoms with van der Waals surface area (Å²) in [6.45, 7) is 1.81. The molecule has 0 aliphatic rings. The monoisotopic (exact) mass is 260 g/mol. The minimum Gasteiger partial charge on any atom is -0.404 e. The second-order valence-electron chi connectivity index (χ2n) is 2.40. The van der Waals surface area contributed by atoms with E-state index in [9.17, 15) is 4.57 Å². The van der Waals surface area contributed by atoms with Gasteiger partial charge in [0.2, 0.25) is 0 Å². The second-order valence-corrected chi connectivity index (χ2v) is 3.56. The Morgan fingerprint density at radius 2 is 1.86 bits per heavy atom. The molecule has 1 aromatic rings. The summed E-state index contributed by atoms with van der Waals surface area (Å²) in [5, 5.41) is 0. The van der Waals surface area contributed by atoms with Crippen molar-refractivity contribution in [1.29, 1.82) is 0 Å². The average molecular weight is 261 g/mol. The molecular formula is C7H11Cl2O4P. The van der Waals surface area contributed by atoms with Crippen LogP contribution < -0.4 is 4.52 Å². The molecular weight excluding hydrogens is 250 g/mol. The Hall–Kier alpha value is -0.250. The molecule has 1 aromatic carbocycles. The molecule has 0 saturated heterocycles. The summed E-state index contributed by atoms with van der Waals surface area (Å²) in [5.74, 6) is 0.184. The van der Waals surface area contributed by atoms with Crippen molar-refractivity contribution >= 4 is 32.6 Å². The maximum atomic E-state index is 10.4. The maximum Gasteiger partial charge on any atom is 0.524 e. The first-order chi connectivity index (χ1) is 5.47. The highest BCUT2D eigenvalue weighted by molar-refractivity contribution is 7.46. The summed E-state index contributed by atoms with van der Waals surface area (Å²) in [6, 6.07) is 6.53. The molecule has 0 radical (unpaired) electrons. The fourth-order valence-electron chi connectivity index (χ4n) is 0.809. The van der Waals surface area contributed by atoms with E-state index in [2.05, 4.69) is 4.52 Å². The summed E-state index contributed by atoms with van der Waals surface area (Å²) in [5.41, 5.74) is 0.890. The van der Waals surface area contributed by atoms with Gasteiger partial charge in [-0.25, -0.2) is 4.57 Å². The van der Waals surface area contributed by atoms with E-state index in [4.69, 9.17) is 9.79 Å². The molecule has 7 heteroatoms. The van der Waals surface area contributed by atoms with Crippen molar-refractivity contribution < 1.29 is 18.9 Å². The molecule has 0 aromatic heterocycles. The zero-order chi connectivity index (χ0) is 9.19. The van der Waals surface area contributed by atoms with E-state index < -0.39 is 7.82 Å². The molecule has 2 N–H and O–H groups in total. The lowest BCUT2D eigenvalue weighted by molar-refractivity contribution is 0.283. The standard InChI is InChI=1S/C7H9O4P.2ClH/c1-6-3-2-4-7(5-6)11-12(8,9)10;;/h2-5H,1H3,(H2,8,9,10);2*1H. The van der Waals surface area contributed by atoms with Crippen molar-refractivity contribution in [2.24, 2.45) is 0 Å². The molecule has 0 aliphatic carbocycles. The first kappa shape index (κ1) is 16.2. The average Bonchev–Trinajstić information content (AvgIpc) is 1.82. The molecule has 14 heavy (non-hydrogen) atoms. The molecule has 0 atom stereocenters. The van der Waals surface area contributed by atoms with E-state index >= 15 is 0 Å². The predicted octanol–water partition coefficient (Wildman–Crippen LogP) is 2.31. The third-order valence-corrected chi connectivity index (χ3v) is 1.66. The third-order valence-electron chi connectivity index (χ3n) is 1.21. The van der Waals surface area contributed by atoms with E-state index in [-0.39, 0.29) is 30.6 Å². The Bertz CT molecular complexity index is 325. The molecule has 0 spiro atoms. The Morgan fingerprint density at radius 3 is 2.29 bits per heavy atom. The zero-order valence-electron chi connectivity index (χ0n) is 7.28. The van der Waals surface area contributed by atoms with Crippen LogP contribution in [0.5, 0.6) is 5.75 Å². The first-order valence-electron chi connectivity index (χ1n) is 3.29. The fraction of sp³-hybridized carbons (Fsp3) is 0.143. The van der Waals surface area contributed by atoms with Gasteiger partial charge in [0.1, 0.15) is 5.75 Å². The molecule has 4 nitrogen and oxygen atoms in total. The van der Waals surface area contributed by atoms with Crippen LogP contribution in [-0.2, 0) is 4.57 Å². The minimum atomic E-state index is -4.41. The van der Waals surface area contributed by atoms with Gasteiger partial charge in [-0.15, -0.1) is 24.8 Å². The molecule has 0 amide bonds. The Labute approximate surface area is 94.4 Å². The zero-order valence-corrected chi connectivity index (χ0v) is 9.81. The molecule has 0 fully saturated rings. The van der Waals surface area contributed by atoms with Crippen molar-refractivity contribution in [1.82, 2.24) is 0 Å². The van der Waals surface area contributed by atoms with Crippen molar-refractivity contribution in [3.8, 4) is 5.75 Å². The number of rotatable bonds is 2. The van der Waals surface area contributed by atoms with Gasteiger partial charge in [0, 0.05) is 0 Å². The molecule has 0 bridgehead atoms. The van der Waals surface area contributed by atoms with E-state index in [1.54, 1.807) is 12.1 Å². The van der Waals surface area contributed by atoms with Gasteiger partial charge in [0.05, 0.1) is 0 Å². The van der Waals surface area contributed by atoms with Crippen molar-refractivity contribution in [3.63, 3.8) is 0 Å². The Balaban J connectivity index is 0. The van der Waals surface area contributed by atoms with E-state index in [0.29, 0.717) is 0 Å². The van der Waals surface area contributed by atoms with Crippen LogP contribution in [0.15, 0.2) is 24.3 Å². The topological polar surface area (TPSA) is 66.8 Å². The van der Waals surface area contributed by atoms with Crippen LogP contribution in [0.2, 0.25) is 0 Å². The van der Waals surface area contributed by atoms with Gasteiger partial charge >= 0.3 is 7.82 Å². The number of hydrogen-bond acceptors (Lipinski definition) is 2. The molecule has 1 rings (SSSR count). The van der Waals surface area contributed by atoms with Gasteiger partial charge in [0.15, 0.2) is 0 Å². The smallest absolute Gasteiger partial charge is 0.404 e. The van der Waals surface area contributed by atoms with Gasteiger partial charge in [-0.05, 0) is 24.6 Å². The first-order valence-corrected chi connectivity index (χ1v) is 4.82. The molecule has 0 aliphatic heterocycles. The van der Waals surface area contributed by atoms with Crippen LogP contribution >= 0.6 is 32.6 Å². The number of aryl methyl sites for hydroxylation is 1. The van der Waals surface area contributed by atoms with Gasteiger partial charge in [0.25, 0.3) is 0 Å². The second kappa shape index (κ2) is 6.27. The normalized spacial score (nSPS) is 9.64. The maximum absolute atomic E-state index is 10.4. The highest BCUT2D eigenvalue weighted by Crippen LogP contribution is 2.37. The summed E-state index contributed by atoms with van der Waals surface area (Å²) >= 11 is 0. The van der Waals surface area contributed by atoms with E-state index in [1.807, 2.05) is 13.0 Å². The van der Waals surface area contributed by atoms with Gasteiger partial charge < -0.3 is 4.52 Å². The van der Waals surface area contributed by atoms with E-state index in [1.165, 1.54) is 6.07 Å². The molecule has 82 valence electrons. The van der Waals surface area contributed by atoms with Gasteiger partial charge in [-0.3, -0.25) is 9.79 Å². The quantitative estimate of drug-likeness (QED) is 0.801. The number of phosphoric ester groups is 1. The summed E-state index contributed by atoms with van der Waals surface area (Å²) in [4.78, 5) is 16.9. The fourth-order valence-corrected chi connectivity index (χ4v) is 1.20. The lowest BCUT2D eigenvalue weighted by Crippen LogP contribution is -1.89. The molecule has 0 unspecified atom stereocenters. The van der Waals surface area contributed by atoms with Crippen molar-refractivity contribution in [2.45, 2.75) is 6.92 Å². The van der Waals surface area contributed by atoms with Crippen LogP contribution in [0.4, 0.5) is 0 Å². The van der Waals surface area contributed by atoms with Gasteiger partial charge in [-0.2, -0.15) is 0 Å². The third kappa shape index (κ3) is 6.24. The largest absolute Gasteiger partial charge is 0.524 e. The predicted molar refractivity (Wildman–Crippen MR) is 58.3 cm³/mol. The van der Waals surface area contributed by atoms with E-state index in [0.717, 1.165) is 5.56 Å². The summed E-state index contributed by atoms with van der Waals surface area (Å²) < 4.78 is 14.7. The van der Waals surface area contributed by atoms with Crippen LogP contribution in [0.3, 0.4) is 0 Å². The summed E-state index contributed by atoms with van der Waals surface area (Å²) in [6.07, 6.45) is 0. The van der Waals surface area contributed by atoms with Crippen LogP contribution in [0, 0.1) is 6.92 Å². The molecule has 0 heterocycles. The summed E-state index contributed by atoms with van der Waals surface area (Å²) in [7, 11) is -4.41. The van der Waals surface area contributed by atoms with Crippen molar-refractivity contribution in [3.05, 3.63) is 29.8 Å². The SMILES string of the molecule is Cc1cccc(OP(=O)(O)O)c1.Cl.Cl. The van der Waals surface area contributed by atoms with Crippen LogP contribution in [-0.4, -0.2) is 9.79 Å². The number of hydrogen-bond donors (Lipinski definition) is 2. The van der Waals surface area contributed by atoms with Crippen LogP contribution in [0.25, 0.3) is 0 Å². The highest BCUT2D eigenvalue weighted by atomic mass is 35.5.